The second-order valence-corrected chi connectivity index (χ2v) is 6.21. The van der Waals surface area contributed by atoms with E-state index in [2.05, 4.69) is 25.9 Å². The summed E-state index contributed by atoms with van der Waals surface area (Å²) in [5, 5.41) is 17.9. The normalized spacial score (nSPS) is 10.8. The average Bonchev–Trinajstić information content (AvgIpc) is 3.21. The lowest BCUT2D eigenvalue weighted by Crippen LogP contribution is -2.20. The van der Waals surface area contributed by atoms with Crippen LogP contribution in [-0.2, 0) is 25.4 Å². The van der Waals surface area contributed by atoms with Crippen molar-refractivity contribution in [1.82, 2.24) is 29.3 Å². The summed E-state index contributed by atoms with van der Waals surface area (Å²) in [5.74, 6) is -0.378. The molecule has 12 heteroatoms. The van der Waals surface area contributed by atoms with Gasteiger partial charge in [-0.05, 0) is 6.07 Å². The third kappa shape index (κ3) is 4.03. The monoisotopic (exact) mass is 396 g/mol. The van der Waals surface area contributed by atoms with Crippen LogP contribution in [-0.4, -0.2) is 41.2 Å². The molecule has 0 aliphatic heterocycles. The van der Waals surface area contributed by atoms with Crippen molar-refractivity contribution in [2.75, 3.05) is 10.6 Å². The molecular formula is C14H14Cl2N8O2. The van der Waals surface area contributed by atoms with Gasteiger partial charge in [-0.3, -0.25) is 23.6 Å². The van der Waals surface area contributed by atoms with Crippen LogP contribution in [0.5, 0.6) is 0 Å². The fraction of sp³-hybridized carbons (Fsp3) is 0.214. The van der Waals surface area contributed by atoms with Gasteiger partial charge in [-0.2, -0.15) is 15.3 Å². The number of halogens is 2. The van der Waals surface area contributed by atoms with E-state index in [1.807, 2.05) is 0 Å². The summed E-state index contributed by atoms with van der Waals surface area (Å²) >= 11 is 11.9. The first-order valence-electron chi connectivity index (χ1n) is 7.35. The minimum absolute atomic E-state index is 0.107. The molecule has 0 spiro atoms. The number of hydrogen-bond donors (Lipinski definition) is 2. The van der Waals surface area contributed by atoms with E-state index in [1.165, 1.54) is 26.3 Å². The van der Waals surface area contributed by atoms with E-state index in [1.54, 1.807) is 26.5 Å². The highest BCUT2D eigenvalue weighted by molar-refractivity contribution is 6.33. The molecule has 0 unspecified atom stereocenters. The standard InChI is InChI=1S/C14H14Cl2N8O2/c1-22-5-8(15)12(20-22)17-11(25)7-24-4-3-10(19-24)14(26)18-13-9(16)6-23(2)21-13/h3-6H,7H2,1-2H3,(H,17,20,25)(H,18,21,26). The number of rotatable bonds is 5. The van der Waals surface area contributed by atoms with Gasteiger partial charge in [0.05, 0.1) is 0 Å². The van der Waals surface area contributed by atoms with Gasteiger partial charge >= 0.3 is 0 Å². The highest BCUT2D eigenvalue weighted by atomic mass is 35.5. The number of hydrogen-bond acceptors (Lipinski definition) is 5. The summed E-state index contributed by atoms with van der Waals surface area (Å²) in [4.78, 5) is 24.2. The summed E-state index contributed by atoms with van der Waals surface area (Å²) in [6.07, 6.45) is 4.63. The molecule has 2 N–H and O–H groups in total. The molecule has 0 saturated carbocycles. The van der Waals surface area contributed by atoms with Crippen molar-refractivity contribution >= 4 is 46.7 Å². The molecule has 3 rings (SSSR count). The van der Waals surface area contributed by atoms with Gasteiger partial charge in [0.15, 0.2) is 17.3 Å². The van der Waals surface area contributed by atoms with Crippen LogP contribution in [0.2, 0.25) is 10.0 Å². The molecule has 26 heavy (non-hydrogen) atoms. The second kappa shape index (κ2) is 7.18. The number of nitrogens with zero attached hydrogens (tertiary/aromatic N) is 6. The van der Waals surface area contributed by atoms with Crippen molar-refractivity contribution in [3.8, 4) is 0 Å². The zero-order valence-electron chi connectivity index (χ0n) is 13.8. The SMILES string of the molecule is Cn1cc(Cl)c(NC(=O)Cn2ccc(C(=O)Nc3nn(C)cc3Cl)n2)n1. The van der Waals surface area contributed by atoms with Crippen molar-refractivity contribution < 1.29 is 9.59 Å². The maximum Gasteiger partial charge on any atom is 0.277 e. The van der Waals surface area contributed by atoms with Crippen molar-refractivity contribution in [3.05, 3.63) is 40.4 Å². The number of anilines is 2. The molecule has 0 saturated heterocycles. The van der Waals surface area contributed by atoms with E-state index in [-0.39, 0.29) is 29.8 Å². The van der Waals surface area contributed by atoms with E-state index in [9.17, 15) is 9.59 Å². The number of carbonyl (C=O) groups is 2. The summed E-state index contributed by atoms with van der Waals surface area (Å²) < 4.78 is 4.28. The predicted molar refractivity (Wildman–Crippen MR) is 95.2 cm³/mol. The topological polar surface area (TPSA) is 112 Å². The molecule has 0 aromatic carbocycles. The molecule has 3 heterocycles. The molecule has 2 amide bonds. The first-order valence-corrected chi connectivity index (χ1v) is 8.10. The van der Waals surface area contributed by atoms with Crippen molar-refractivity contribution in [3.63, 3.8) is 0 Å². The van der Waals surface area contributed by atoms with Crippen molar-refractivity contribution in [2.24, 2.45) is 14.1 Å². The van der Waals surface area contributed by atoms with Gasteiger partial charge in [0, 0.05) is 32.7 Å². The largest absolute Gasteiger partial charge is 0.306 e. The van der Waals surface area contributed by atoms with Crippen molar-refractivity contribution in [2.45, 2.75) is 6.54 Å². The van der Waals surface area contributed by atoms with Gasteiger partial charge in [0.2, 0.25) is 5.91 Å². The summed E-state index contributed by atoms with van der Waals surface area (Å²) in [6, 6.07) is 1.48. The van der Waals surface area contributed by atoms with Crippen LogP contribution in [0.25, 0.3) is 0 Å². The number of amides is 2. The van der Waals surface area contributed by atoms with Crippen LogP contribution in [0.1, 0.15) is 10.5 Å². The molecule has 10 nitrogen and oxygen atoms in total. The van der Waals surface area contributed by atoms with Gasteiger partial charge in [-0.1, -0.05) is 23.2 Å². The first-order chi connectivity index (χ1) is 12.3. The molecule has 0 fully saturated rings. The van der Waals surface area contributed by atoms with Gasteiger partial charge < -0.3 is 10.6 Å². The van der Waals surface area contributed by atoms with Gasteiger partial charge in [-0.25, -0.2) is 0 Å². The Kier molecular flexibility index (Phi) is 4.96. The third-order valence-corrected chi connectivity index (χ3v) is 3.79. The third-order valence-electron chi connectivity index (χ3n) is 3.24. The van der Waals surface area contributed by atoms with E-state index in [4.69, 9.17) is 23.2 Å². The van der Waals surface area contributed by atoms with Gasteiger partial charge in [-0.15, -0.1) is 0 Å². The Morgan fingerprint density at radius 3 is 2.12 bits per heavy atom. The summed E-state index contributed by atoms with van der Waals surface area (Å²) in [6.45, 7) is -0.107. The molecule has 0 aliphatic rings. The number of aromatic nitrogens is 6. The van der Waals surface area contributed by atoms with Crippen LogP contribution in [0.15, 0.2) is 24.7 Å². The molecular weight excluding hydrogens is 383 g/mol. The van der Waals surface area contributed by atoms with Crippen LogP contribution in [0.4, 0.5) is 11.6 Å². The smallest absolute Gasteiger partial charge is 0.277 e. The number of nitrogens with one attached hydrogen (secondary N) is 2. The Balaban J connectivity index is 1.62. The highest BCUT2D eigenvalue weighted by Crippen LogP contribution is 2.19. The first kappa shape index (κ1) is 18.0. The Bertz CT molecular complexity index is 974. The predicted octanol–water partition coefficient (Wildman–Crippen LogP) is 1.55. The molecule has 0 radical (unpaired) electrons. The molecule has 0 atom stereocenters. The Hall–Kier alpha value is -2.85. The minimum Gasteiger partial charge on any atom is -0.306 e. The van der Waals surface area contributed by atoms with Gasteiger partial charge in [0.1, 0.15) is 16.6 Å². The minimum atomic E-state index is -0.488. The fourth-order valence-electron chi connectivity index (χ4n) is 2.15. The lowest BCUT2D eigenvalue weighted by atomic mass is 10.4. The Morgan fingerprint density at radius 1 is 1.00 bits per heavy atom. The van der Waals surface area contributed by atoms with E-state index in [0.29, 0.717) is 10.0 Å². The van der Waals surface area contributed by atoms with E-state index >= 15 is 0 Å². The number of carbonyl (C=O) groups excluding carboxylic acids is 2. The highest BCUT2D eigenvalue weighted by Gasteiger charge is 2.15. The molecule has 3 aromatic rings. The zero-order chi connectivity index (χ0) is 18.8. The van der Waals surface area contributed by atoms with Crippen LogP contribution >= 0.6 is 23.2 Å². The van der Waals surface area contributed by atoms with Crippen molar-refractivity contribution in [1.29, 1.82) is 0 Å². The van der Waals surface area contributed by atoms with Crippen LogP contribution in [0, 0.1) is 0 Å². The average molecular weight is 397 g/mol. The summed E-state index contributed by atoms with van der Waals surface area (Å²) in [5.41, 5.74) is 0.121. The van der Waals surface area contributed by atoms with Gasteiger partial charge in [0.25, 0.3) is 5.91 Å². The summed E-state index contributed by atoms with van der Waals surface area (Å²) in [7, 11) is 3.37. The van der Waals surface area contributed by atoms with Crippen LogP contribution < -0.4 is 10.6 Å². The lowest BCUT2D eigenvalue weighted by Gasteiger charge is -2.03. The molecule has 136 valence electrons. The maximum absolute atomic E-state index is 12.2. The molecule has 0 aliphatic carbocycles. The lowest BCUT2D eigenvalue weighted by molar-refractivity contribution is -0.116. The molecule has 0 bridgehead atoms. The quantitative estimate of drug-likeness (QED) is 0.679. The Morgan fingerprint density at radius 2 is 1.58 bits per heavy atom. The zero-order valence-corrected chi connectivity index (χ0v) is 15.3. The second-order valence-electron chi connectivity index (χ2n) is 5.40. The van der Waals surface area contributed by atoms with Crippen LogP contribution in [0.3, 0.4) is 0 Å². The fourth-order valence-corrected chi connectivity index (χ4v) is 2.60. The molecule has 3 aromatic heterocycles. The maximum atomic E-state index is 12.2. The Labute approximate surface area is 157 Å². The van der Waals surface area contributed by atoms with E-state index in [0.717, 1.165) is 0 Å². The number of aryl methyl sites for hydroxylation is 2. The van der Waals surface area contributed by atoms with E-state index < -0.39 is 5.91 Å².